The monoisotopic (exact) mass is 232 g/mol. The zero-order valence-corrected chi connectivity index (χ0v) is 9.67. The Morgan fingerprint density at radius 3 is 2.75 bits per heavy atom. The summed E-state index contributed by atoms with van der Waals surface area (Å²) in [6.45, 7) is 1.51. The number of nitrogens with one attached hydrogen (secondary N) is 1. The van der Waals surface area contributed by atoms with Crippen molar-refractivity contribution in [2.45, 2.75) is 6.92 Å². The number of carbonyl (C=O) groups is 1. The van der Waals surface area contributed by atoms with Gasteiger partial charge in [0.25, 0.3) is 0 Å². The standard InChI is InChI=1S/C12H12N2OS/c1-8(15)11-6-9(2-3-12(11)13)14-10-4-5-16-7-10/h2-7,14H,13H2,1H3. The van der Waals surface area contributed by atoms with Crippen LogP contribution >= 0.6 is 11.3 Å². The molecule has 0 aliphatic carbocycles. The summed E-state index contributed by atoms with van der Waals surface area (Å²) in [7, 11) is 0. The SMILES string of the molecule is CC(=O)c1cc(Nc2ccsc2)ccc1N. The van der Waals surface area contributed by atoms with Gasteiger partial charge in [-0.1, -0.05) is 0 Å². The molecule has 0 spiro atoms. The van der Waals surface area contributed by atoms with Crippen molar-refractivity contribution in [2.24, 2.45) is 0 Å². The van der Waals surface area contributed by atoms with E-state index < -0.39 is 0 Å². The minimum absolute atomic E-state index is 0.0218. The molecule has 0 unspecified atom stereocenters. The van der Waals surface area contributed by atoms with Crippen LogP contribution in [0.5, 0.6) is 0 Å². The van der Waals surface area contributed by atoms with E-state index in [9.17, 15) is 4.79 Å². The molecule has 0 fully saturated rings. The molecule has 0 amide bonds. The van der Waals surface area contributed by atoms with E-state index in [0.29, 0.717) is 11.3 Å². The summed E-state index contributed by atoms with van der Waals surface area (Å²) in [5.41, 5.74) is 8.68. The molecule has 0 radical (unpaired) electrons. The minimum atomic E-state index is -0.0218. The van der Waals surface area contributed by atoms with E-state index in [2.05, 4.69) is 5.32 Å². The van der Waals surface area contributed by atoms with Crippen molar-refractivity contribution in [1.82, 2.24) is 0 Å². The molecule has 0 saturated heterocycles. The number of nitrogens with two attached hydrogens (primary N) is 1. The van der Waals surface area contributed by atoms with Gasteiger partial charge in [-0.05, 0) is 36.6 Å². The van der Waals surface area contributed by atoms with Gasteiger partial charge in [0.15, 0.2) is 5.78 Å². The number of anilines is 3. The van der Waals surface area contributed by atoms with E-state index in [0.717, 1.165) is 11.4 Å². The maximum absolute atomic E-state index is 11.3. The molecule has 82 valence electrons. The number of benzene rings is 1. The van der Waals surface area contributed by atoms with Crippen molar-refractivity contribution in [3.63, 3.8) is 0 Å². The second-order valence-electron chi connectivity index (χ2n) is 3.50. The molecule has 3 N–H and O–H groups in total. The van der Waals surface area contributed by atoms with Gasteiger partial charge < -0.3 is 11.1 Å². The van der Waals surface area contributed by atoms with Gasteiger partial charge >= 0.3 is 0 Å². The normalized spacial score (nSPS) is 10.1. The number of ketones is 1. The van der Waals surface area contributed by atoms with Gasteiger partial charge in [-0.25, -0.2) is 0 Å². The van der Waals surface area contributed by atoms with E-state index in [1.807, 2.05) is 22.9 Å². The first-order valence-electron chi connectivity index (χ1n) is 4.86. The van der Waals surface area contributed by atoms with E-state index in [4.69, 9.17) is 5.73 Å². The molecule has 0 saturated carbocycles. The average molecular weight is 232 g/mol. The highest BCUT2D eigenvalue weighted by Crippen LogP contribution is 2.23. The van der Waals surface area contributed by atoms with Crippen molar-refractivity contribution in [1.29, 1.82) is 0 Å². The molecule has 1 aromatic heterocycles. The lowest BCUT2D eigenvalue weighted by atomic mass is 10.1. The van der Waals surface area contributed by atoms with Crippen LogP contribution < -0.4 is 11.1 Å². The van der Waals surface area contributed by atoms with E-state index in [-0.39, 0.29) is 5.78 Å². The molecule has 1 aromatic carbocycles. The summed E-state index contributed by atoms with van der Waals surface area (Å²) in [5, 5.41) is 7.20. The van der Waals surface area contributed by atoms with Gasteiger partial charge in [-0.3, -0.25) is 4.79 Å². The second-order valence-corrected chi connectivity index (χ2v) is 4.28. The lowest BCUT2D eigenvalue weighted by Gasteiger charge is -2.07. The maximum Gasteiger partial charge on any atom is 0.161 e. The number of nitrogen functional groups attached to an aromatic ring is 1. The summed E-state index contributed by atoms with van der Waals surface area (Å²) >= 11 is 1.62. The first-order valence-corrected chi connectivity index (χ1v) is 5.81. The fraction of sp³-hybridized carbons (Fsp3) is 0.0833. The van der Waals surface area contributed by atoms with Crippen molar-refractivity contribution in [3.05, 3.63) is 40.6 Å². The van der Waals surface area contributed by atoms with Gasteiger partial charge in [0.1, 0.15) is 0 Å². The van der Waals surface area contributed by atoms with Crippen molar-refractivity contribution < 1.29 is 4.79 Å². The van der Waals surface area contributed by atoms with Gasteiger partial charge in [-0.15, -0.1) is 0 Å². The molecule has 0 aliphatic heterocycles. The quantitative estimate of drug-likeness (QED) is 0.630. The summed E-state index contributed by atoms with van der Waals surface area (Å²) in [4.78, 5) is 11.3. The highest BCUT2D eigenvalue weighted by molar-refractivity contribution is 7.08. The van der Waals surface area contributed by atoms with E-state index in [1.54, 1.807) is 23.5 Å². The van der Waals surface area contributed by atoms with Gasteiger partial charge in [0, 0.05) is 28.0 Å². The number of Topliss-reactive ketones (excluding diaryl/α,β-unsaturated/α-hetero) is 1. The van der Waals surface area contributed by atoms with Gasteiger partial charge in [-0.2, -0.15) is 11.3 Å². The van der Waals surface area contributed by atoms with Crippen LogP contribution in [-0.2, 0) is 0 Å². The zero-order valence-electron chi connectivity index (χ0n) is 8.86. The van der Waals surface area contributed by atoms with Crippen LogP contribution in [-0.4, -0.2) is 5.78 Å². The van der Waals surface area contributed by atoms with Crippen LogP contribution in [0.15, 0.2) is 35.0 Å². The van der Waals surface area contributed by atoms with Crippen molar-refractivity contribution in [3.8, 4) is 0 Å². The Labute approximate surface area is 97.9 Å². The van der Waals surface area contributed by atoms with Crippen LogP contribution in [0.1, 0.15) is 17.3 Å². The maximum atomic E-state index is 11.3. The van der Waals surface area contributed by atoms with Crippen LogP contribution in [0.4, 0.5) is 17.1 Å². The second kappa shape index (κ2) is 4.37. The van der Waals surface area contributed by atoms with E-state index in [1.165, 1.54) is 6.92 Å². The third-order valence-electron chi connectivity index (χ3n) is 2.24. The Morgan fingerprint density at radius 2 is 2.12 bits per heavy atom. The van der Waals surface area contributed by atoms with Crippen LogP contribution in [0.2, 0.25) is 0 Å². The Hall–Kier alpha value is -1.81. The average Bonchev–Trinajstić information content (AvgIpc) is 2.73. The Kier molecular flexibility index (Phi) is 2.92. The van der Waals surface area contributed by atoms with Gasteiger partial charge in [0.05, 0.1) is 0 Å². The molecular formula is C12H12N2OS. The summed E-state index contributed by atoms with van der Waals surface area (Å²) in [6.07, 6.45) is 0. The molecule has 0 bridgehead atoms. The largest absolute Gasteiger partial charge is 0.398 e. The van der Waals surface area contributed by atoms with Crippen LogP contribution in [0, 0.1) is 0 Å². The number of rotatable bonds is 3. The predicted octanol–water partition coefficient (Wildman–Crippen LogP) is 3.28. The predicted molar refractivity (Wildman–Crippen MR) is 68.5 cm³/mol. The molecule has 16 heavy (non-hydrogen) atoms. The molecule has 0 aliphatic rings. The highest BCUT2D eigenvalue weighted by atomic mass is 32.1. The molecule has 3 nitrogen and oxygen atoms in total. The van der Waals surface area contributed by atoms with Crippen molar-refractivity contribution in [2.75, 3.05) is 11.1 Å². The molecule has 1 heterocycles. The molecular weight excluding hydrogens is 220 g/mol. The third-order valence-corrected chi connectivity index (χ3v) is 2.93. The first kappa shape index (κ1) is 10.7. The fourth-order valence-electron chi connectivity index (χ4n) is 1.44. The topological polar surface area (TPSA) is 55.1 Å². The van der Waals surface area contributed by atoms with E-state index >= 15 is 0 Å². The third kappa shape index (κ3) is 2.23. The molecule has 2 rings (SSSR count). The first-order chi connectivity index (χ1) is 7.66. The van der Waals surface area contributed by atoms with Gasteiger partial charge in [0.2, 0.25) is 0 Å². The minimum Gasteiger partial charge on any atom is -0.398 e. The lowest BCUT2D eigenvalue weighted by molar-refractivity contribution is 0.101. The number of carbonyl (C=O) groups excluding carboxylic acids is 1. The molecule has 2 aromatic rings. The highest BCUT2D eigenvalue weighted by Gasteiger charge is 2.05. The zero-order chi connectivity index (χ0) is 11.5. The Bertz CT molecular complexity index is 506. The molecule has 4 heteroatoms. The summed E-state index contributed by atoms with van der Waals surface area (Å²) < 4.78 is 0. The lowest BCUT2D eigenvalue weighted by Crippen LogP contribution is -2.00. The van der Waals surface area contributed by atoms with Crippen molar-refractivity contribution >= 4 is 34.2 Å². The Balaban J connectivity index is 2.29. The molecule has 0 atom stereocenters. The smallest absolute Gasteiger partial charge is 0.161 e. The van der Waals surface area contributed by atoms with Crippen LogP contribution in [0.25, 0.3) is 0 Å². The Morgan fingerprint density at radius 1 is 1.31 bits per heavy atom. The number of hydrogen-bond acceptors (Lipinski definition) is 4. The number of hydrogen-bond donors (Lipinski definition) is 2. The summed E-state index contributed by atoms with van der Waals surface area (Å²) in [5.74, 6) is -0.0218. The fourth-order valence-corrected chi connectivity index (χ4v) is 2.03. The van der Waals surface area contributed by atoms with Crippen LogP contribution in [0.3, 0.4) is 0 Å². The summed E-state index contributed by atoms with van der Waals surface area (Å²) in [6, 6.07) is 7.36. The number of thiophene rings is 1.